The Morgan fingerprint density at radius 3 is 2.68 bits per heavy atom. The third kappa shape index (κ3) is 5.24. The van der Waals surface area contributed by atoms with E-state index in [-0.39, 0.29) is 0 Å². The zero-order valence-electron chi connectivity index (χ0n) is 18.9. The van der Waals surface area contributed by atoms with Crippen LogP contribution in [0.1, 0.15) is 26.6 Å². The zero-order chi connectivity index (χ0) is 22.8. The monoisotopic (exact) mass is 426 g/mol. The van der Waals surface area contributed by atoms with E-state index in [0.717, 1.165) is 29.9 Å². The van der Waals surface area contributed by atoms with Gasteiger partial charge in [0, 0.05) is 30.9 Å². The Morgan fingerprint density at radius 2 is 2.03 bits per heavy atom. The fraction of sp³-hybridized carbons (Fsp3) is 0.409. The molecule has 31 heavy (non-hydrogen) atoms. The standard InChI is InChI=1S/C22H30N6O3/c1-22(2,3)31-21(29)25-15-8-7-14(13-16(15)30-6)18-19-20(23)24-10-12-28(19)17(26-18)9-11-27(4)5/h7-8,10,12-13H,9,11H2,1-6H3,(H2,23,24)(H,25,29). The first-order valence-corrected chi connectivity index (χ1v) is 10.0. The Kier molecular flexibility index (Phi) is 6.35. The molecule has 2 aromatic heterocycles. The van der Waals surface area contributed by atoms with Crippen molar-refractivity contribution >= 4 is 23.1 Å². The van der Waals surface area contributed by atoms with Crippen molar-refractivity contribution in [2.45, 2.75) is 32.8 Å². The van der Waals surface area contributed by atoms with Gasteiger partial charge in [-0.25, -0.2) is 14.8 Å². The van der Waals surface area contributed by atoms with E-state index >= 15 is 0 Å². The van der Waals surface area contributed by atoms with E-state index in [1.165, 1.54) is 0 Å². The highest BCUT2D eigenvalue weighted by Gasteiger charge is 2.20. The first kappa shape index (κ1) is 22.4. The van der Waals surface area contributed by atoms with E-state index in [0.29, 0.717) is 22.9 Å². The maximum absolute atomic E-state index is 12.2. The van der Waals surface area contributed by atoms with Gasteiger partial charge in [-0.2, -0.15) is 0 Å². The summed E-state index contributed by atoms with van der Waals surface area (Å²) in [6.45, 7) is 6.28. The van der Waals surface area contributed by atoms with Gasteiger partial charge in [-0.1, -0.05) is 6.07 Å². The largest absolute Gasteiger partial charge is 0.495 e. The molecule has 0 aliphatic rings. The highest BCUT2D eigenvalue weighted by molar-refractivity contribution is 5.90. The molecule has 0 aliphatic heterocycles. The minimum Gasteiger partial charge on any atom is -0.495 e. The predicted octanol–water partition coefficient (Wildman–Crippen LogP) is 3.44. The van der Waals surface area contributed by atoms with Crippen LogP contribution in [0.2, 0.25) is 0 Å². The van der Waals surface area contributed by atoms with Crippen molar-refractivity contribution in [2.24, 2.45) is 0 Å². The number of likely N-dealkylation sites (N-methyl/N-ethyl adjacent to an activating group) is 1. The lowest BCUT2D eigenvalue weighted by atomic mass is 10.1. The first-order chi connectivity index (χ1) is 14.6. The summed E-state index contributed by atoms with van der Waals surface area (Å²) in [5.74, 6) is 1.78. The van der Waals surface area contributed by atoms with Gasteiger partial charge in [0.1, 0.15) is 34.2 Å². The number of ether oxygens (including phenoxy) is 2. The van der Waals surface area contributed by atoms with Crippen LogP contribution in [-0.2, 0) is 11.2 Å². The number of hydrogen-bond acceptors (Lipinski definition) is 7. The average Bonchev–Trinajstić information content (AvgIpc) is 3.05. The van der Waals surface area contributed by atoms with Crippen LogP contribution in [0.3, 0.4) is 0 Å². The Hall–Kier alpha value is -3.33. The van der Waals surface area contributed by atoms with Crippen LogP contribution < -0.4 is 15.8 Å². The number of anilines is 2. The van der Waals surface area contributed by atoms with Crippen LogP contribution in [0.15, 0.2) is 30.6 Å². The van der Waals surface area contributed by atoms with Gasteiger partial charge in [-0.3, -0.25) is 9.72 Å². The van der Waals surface area contributed by atoms with Crippen molar-refractivity contribution in [2.75, 3.05) is 38.8 Å². The molecule has 3 rings (SSSR count). The second-order valence-electron chi connectivity index (χ2n) is 8.50. The molecule has 0 radical (unpaired) electrons. The zero-order valence-corrected chi connectivity index (χ0v) is 18.9. The molecule has 0 aliphatic carbocycles. The summed E-state index contributed by atoms with van der Waals surface area (Å²) < 4.78 is 12.8. The Morgan fingerprint density at radius 1 is 1.29 bits per heavy atom. The summed E-state index contributed by atoms with van der Waals surface area (Å²) in [5, 5.41) is 2.73. The summed E-state index contributed by atoms with van der Waals surface area (Å²) in [4.78, 5) is 23.4. The number of hydrogen-bond donors (Lipinski definition) is 2. The summed E-state index contributed by atoms with van der Waals surface area (Å²) in [5.41, 5.74) is 8.36. The molecule has 3 aromatic rings. The number of rotatable bonds is 6. The Bertz CT molecular complexity index is 1080. The minimum absolute atomic E-state index is 0.399. The van der Waals surface area contributed by atoms with Crippen molar-refractivity contribution < 1.29 is 14.3 Å². The first-order valence-electron chi connectivity index (χ1n) is 10.0. The highest BCUT2D eigenvalue weighted by atomic mass is 16.6. The quantitative estimate of drug-likeness (QED) is 0.622. The molecule has 3 N–H and O–H groups in total. The topological polar surface area (TPSA) is 107 Å². The van der Waals surface area contributed by atoms with E-state index in [1.54, 1.807) is 19.4 Å². The molecule has 0 fully saturated rings. The van der Waals surface area contributed by atoms with Crippen LogP contribution in [-0.4, -0.2) is 58.7 Å². The summed E-state index contributed by atoms with van der Waals surface area (Å²) in [7, 11) is 5.59. The van der Waals surface area contributed by atoms with Gasteiger partial charge in [-0.05, 0) is 47.0 Å². The lowest BCUT2D eigenvalue weighted by molar-refractivity contribution is 0.0635. The van der Waals surface area contributed by atoms with Gasteiger partial charge in [0.25, 0.3) is 0 Å². The van der Waals surface area contributed by atoms with E-state index in [2.05, 4.69) is 15.2 Å². The molecule has 2 heterocycles. The number of methoxy groups -OCH3 is 1. The van der Waals surface area contributed by atoms with Crippen LogP contribution >= 0.6 is 0 Å². The number of carbonyl (C=O) groups is 1. The molecule has 1 amide bonds. The van der Waals surface area contributed by atoms with E-state index in [4.69, 9.17) is 20.2 Å². The van der Waals surface area contributed by atoms with Crippen LogP contribution in [0.5, 0.6) is 5.75 Å². The Balaban J connectivity index is 2.00. The number of nitrogens with one attached hydrogen (secondary N) is 1. The van der Waals surface area contributed by atoms with Crippen LogP contribution in [0, 0.1) is 0 Å². The molecular formula is C22H30N6O3. The molecule has 9 nitrogen and oxygen atoms in total. The third-order valence-electron chi connectivity index (χ3n) is 4.55. The number of nitrogens with two attached hydrogens (primary N) is 1. The van der Waals surface area contributed by atoms with Crippen molar-refractivity contribution in [1.82, 2.24) is 19.3 Å². The van der Waals surface area contributed by atoms with Gasteiger partial charge in [-0.15, -0.1) is 0 Å². The molecule has 0 saturated heterocycles. The van der Waals surface area contributed by atoms with Crippen LogP contribution in [0.4, 0.5) is 16.3 Å². The molecule has 0 atom stereocenters. The number of aromatic nitrogens is 3. The molecule has 0 spiro atoms. The average molecular weight is 427 g/mol. The molecule has 9 heteroatoms. The fourth-order valence-corrected chi connectivity index (χ4v) is 3.18. The van der Waals surface area contributed by atoms with Gasteiger partial charge < -0.3 is 20.1 Å². The van der Waals surface area contributed by atoms with E-state index < -0.39 is 11.7 Å². The molecule has 166 valence electrons. The number of carbonyl (C=O) groups excluding carboxylic acids is 1. The van der Waals surface area contributed by atoms with Crippen LogP contribution in [0.25, 0.3) is 16.8 Å². The predicted molar refractivity (Wildman–Crippen MR) is 122 cm³/mol. The van der Waals surface area contributed by atoms with Crippen molar-refractivity contribution in [3.63, 3.8) is 0 Å². The number of nitrogens with zero attached hydrogens (tertiary/aromatic N) is 4. The Labute approximate surface area is 182 Å². The maximum Gasteiger partial charge on any atom is 0.412 e. The number of benzene rings is 1. The highest BCUT2D eigenvalue weighted by Crippen LogP contribution is 2.34. The van der Waals surface area contributed by atoms with Gasteiger partial charge >= 0.3 is 6.09 Å². The summed E-state index contributed by atoms with van der Waals surface area (Å²) >= 11 is 0. The smallest absolute Gasteiger partial charge is 0.412 e. The normalized spacial score (nSPS) is 11.7. The minimum atomic E-state index is -0.597. The number of nitrogen functional groups attached to an aromatic ring is 1. The van der Waals surface area contributed by atoms with E-state index in [1.807, 2.05) is 57.6 Å². The second kappa shape index (κ2) is 8.81. The second-order valence-corrected chi connectivity index (χ2v) is 8.50. The number of fused-ring (bicyclic) bond motifs is 1. The molecule has 0 unspecified atom stereocenters. The maximum atomic E-state index is 12.2. The summed E-state index contributed by atoms with van der Waals surface area (Å²) in [6.07, 6.45) is 3.74. The molecule has 1 aromatic carbocycles. The summed E-state index contributed by atoms with van der Waals surface area (Å²) in [6, 6.07) is 5.44. The SMILES string of the molecule is COc1cc(-c2nc(CCN(C)C)n3ccnc(N)c23)ccc1NC(=O)OC(C)(C)C. The van der Waals surface area contributed by atoms with Crippen molar-refractivity contribution in [1.29, 1.82) is 0 Å². The van der Waals surface area contributed by atoms with Gasteiger partial charge in [0.05, 0.1) is 12.8 Å². The van der Waals surface area contributed by atoms with Gasteiger partial charge in [0.2, 0.25) is 0 Å². The number of imidazole rings is 1. The molecular weight excluding hydrogens is 396 g/mol. The fourth-order valence-electron chi connectivity index (χ4n) is 3.18. The van der Waals surface area contributed by atoms with Crippen molar-refractivity contribution in [3.8, 4) is 17.0 Å². The van der Waals surface area contributed by atoms with E-state index in [9.17, 15) is 4.79 Å². The lowest BCUT2D eigenvalue weighted by Crippen LogP contribution is -2.27. The van der Waals surface area contributed by atoms with Gasteiger partial charge in [0.15, 0.2) is 0 Å². The number of amides is 1. The lowest BCUT2D eigenvalue weighted by Gasteiger charge is -2.20. The molecule has 0 bridgehead atoms. The third-order valence-corrected chi connectivity index (χ3v) is 4.55. The molecule has 0 saturated carbocycles. The van der Waals surface area contributed by atoms with Crippen molar-refractivity contribution in [3.05, 3.63) is 36.4 Å².